The summed E-state index contributed by atoms with van der Waals surface area (Å²) in [5, 5.41) is 1.17. The zero-order chi connectivity index (χ0) is 14.1. The van der Waals surface area contributed by atoms with Gasteiger partial charge in [0.1, 0.15) is 11.3 Å². The van der Waals surface area contributed by atoms with Gasteiger partial charge in [-0.2, -0.15) is 0 Å². The van der Waals surface area contributed by atoms with Crippen molar-refractivity contribution >= 4 is 11.0 Å². The summed E-state index contributed by atoms with van der Waals surface area (Å²) in [7, 11) is 0. The number of hydrogen-bond donors (Lipinski definition) is 1. The lowest BCUT2D eigenvalue weighted by atomic mass is 10.1. The standard InChI is InChI=1S/C17H24N2O/c1-3-13-9-8-12(2)19(13)11-17-15(10-18)14-6-4-5-7-16(14)20-17/h4-7,12-13H,3,8-11,18H2,1-2H3. The Balaban J connectivity index is 1.94. The molecule has 1 aromatic carbocycles. The SMILES string of the molecule is CCC1CCC(C)N1Cc1oc2ccccc2c1CN. The summed E-state index contributed by atoms with van der Waals surface area (Å²) < 4.78 is 6.07. The molecule has 1 saturated heterocycles. The first-order chi connectivity index (χ1) is 9.74. The van der Waals surface area contributed by atoms with Crippen molar-refractivity contribution in [3.8, 4) is 0 Å². The fourth-order valence-electron chi connectivity index (χ4n) is 3.52. The minimum absolute atomic E-state index is 0.547. The van der Waals surface area contributed by atoms with E-state index < -0.39 is 0 Å². The monoisotopic (exact) mass is 272 g/mol. The molecule has 3 heteroatoms. The van der Waals surface area contributed by atoms with E-state index in [2.05, 4.69) is 24.8 Å². The van der Waals surface area contributed by atoms with Gasteiger partial charge in [0.15, 0.2) is 0 Å². The zero-order valence-corrected chi connectivity index (χ0v) is 12.4. The number of likely N-dealkylation sites (tertiary alicyclic amines) is 1. The second-order valence-corrected chi connectivity index (χ2v) is 5.86. The molecule has 3 rings (SSSR count). The highest BCUT2D eigenvalue weighted by Gasteiger charge is 2.30. The number of para-hydroxylation sites is 1. The van der Waals surface area contributed by atoms with Crippen molar-refractivity contribution in [1.82, 2.24) is 4.90 Å². The molecule has 2 unspecified atom stereocenters. The maximum Gasteiger partial charge on any atom is 0.134 e. The van der Waals surface area contributed by atoms with E-state index >= 15 is 0 Å². The summed E-state index contributed by atoms with van der Waals surface area (Å²) in [6, 6.07) is 9.53. The average Bonchev–Trinajstić information content (AvgIpc) is 3.00. The van der Waals surface area contributed by atoms with E-state index in [1.54, 1.807) is 0 Å². The Hall–Kier alpha value is -1.32. The van der Waals surface area contributed by atoms with Crippen molar-refractivity contribution in [1.29, 1.82) is 0 Å². The van der Waals surface area contributed by atoms with E-state index in [4.69, 9.17) is 10.2 Å². The van der Waals surface area contributed by atoms with Crippen molar-refractivity contribution in [2.45, 2.75) is 58.3 Å². The summed E-state index contributed by atoms with van der Waals surface area (Å²) in [5.74, 6) is 1.06. The van der Waals surface area contributed by atoms with Gasteiger partial charge in [0.2, 0.25) is 0 Å². The smallest absolute Gasteiger partial charge is 0.134 e. The van der Waals surface area contributed by atoms with Crippen LogP contribution in [0.15, 0.2) is 28.7 Å². The number of hydrogen-bond acceptors (Lipinski definition) is 3. The Morgan fingerprint density at radius 3 is 2.85 bits per heavy atom. The number of furan rings is 1. The number of benzene rings is 1. The Labute approximate surface area is 120 Å². The van der Waals surface area contributed by atoms with Crippen LogP contribution in [0, 0.1) is 0 Å². The maximum absolute atomic E-state index is 6.07. The normalized spacial score (nSPS) is 23.8. The van der Waals surface area contributed by atoms with Gasteiger partial charge in [0, 0.05) is 29.6 Å². The van der Waals surface area contributed by atoms with Crippen molar-refractivity contribution in [2.24, 2.45) is 5.73 Å². The molecule has 0 spiro atoms. The van der Waals surface area contributed by atoms with Crippen LogP contribution >= 0.6 is 0 Å². The first kappa shape index (κ1) is 13.7. The van der Waals surface area contributed by atoms with Gasteiger partial charge in [-0.1, -0.05) is 25.1 Å². The van der Waals surface area contributed by atoms with Crippen LogP contribution < -0.4 is 5.73 Å². The Morgan fingerprint density at radius 1 is 1.30 bits per heavy atom. The van der Waals surface area contributed by atoms with E-state index in [-0.39, 0.29) is 0 Å². The summed E-state index contributed by atoms with van der Waals surface area (Å²) in [6.07, 6.45) is 3.80. The lowest BCUT2D eigenvalue weighted by Crippen LogP contribution is -2.33. The fourth-order valence-corrected chi connectivity index (χ4v) is 3.52. The van der Waals surface area contributed by atoms with Crippen LogP contribution in [0.3, 0.4) is 0 Å². The van der Waals surface area contributed by atoms with Crippen molar-refractivity contribution in [3.05, 3.63) is 35.6 Å². The van der Waals surface area contributed by atoms with Crippen LogP contribution in [0.2, 0.25) is 0 Å². The predicted octanol–water partition coefficient (Wildman–Crippen LogP) is 3.65. The minimum Gasteiger partial charge on any atom is -0.459 e. The van der Waals surface area contributed by atoms with E-state index in [0.29, 0.717) is 18.6 Å². The molecule has 0 radical (unpaired) electrons. The van der Waals surface area contributed by atoms with Crippen LogP contribution in [0.1, 0.15) is 44.4 Å². The zero-order valence-electron chi connectivity index (χ0n) is 12.4. The average molecular weight is 272 g/mol. The molecule has 3 nitrogen and oxygen atoms in total. The van der Waals surface area contributed by atoms with Gasteiger partial charge in [-0.15, -0.1) is 0 Å². The molecule has 1 fully saturated rings. The van der Waals surface area contributed by atoms with Crippen LogP contribution in [-0.2, 0) is 13.1 Å². The maximum atomic E-state index is 6.07. The van der Waals surface area contributed by atoms with Crippen molar-refractivity contribution in [2.75, 3.05) is 0 Å². The molecule has 2 heterocycles. The molecule has 0 bridgehead atoms. The summed E-state index contributed by atoms with van der Waals surface area (Å²) in [6.45, 7) is 6.03. The Kier molecular flexibility index (Phi) is 3.81. The number of fused-ring (bicyclic) bond motifs is 1. The molecule has 108 valence electrons. The number of rotatable bonds is 4. The van der Waals surface area contributed by atoms with Gasteiger partial charge in [-0.05, 0) is 32.3 Å². The second-order valence-electron chi connectivity index (χ2n) is 5.86. The van der Waals surface area contributed by atoms with Gasteiger partial charge in [-0.25, -0.2) is 0 Å². The first-order valence-electron chi connectivity index (χ1n) is 7.69. The quantitative estimate of drug-likeness (QED) is 0.923. The van der Waals surface area contributed by atoms with Crippen LogP contribution in [-0.4, -0.2) is 17.0 Å². The minimum atomic E-state index is 0.547. The highest BCUT2D eigenvalue weighted by Crippen LogP contribution is 2.32. The summed E-state index contributed by atoms with van der Waals surface area (Å²) >= 11 is 0. The molecule has 20 heavy (non-hydrogen) atoms. The lowest BCUT2D eigenvalue weighted by Gasteiger charge is -2.27. The van der Waals surface area contributed by atoms with E-state index in [9.17, 15) is 0 Å². The Bertz CT molecular complexity index is 590. The highest BCUT2D eigenvalue weighted by molar-refractivity contribution is 5.82. The predicted molar refractivity (Wildman–Crippen MR) is 82.4 cm³/mol. The number of nitrogens with zero attached hydrogens (tertiary/aromatic N) is 1. The molecule has 2 aromatic rings. The van der Waals surface area contributed by atoms with E-state index in [1.165, 1.54) is 30.2 Å². The molecule has 1 aromatic heterocycles. The van der Waals surface area contributed by atoms with Gasteiger partial charge in [-0.3, -0.25) is 4.90 Å². The second kappa shape index (κ2) is 5.58. The largest absolute Gasteiger partial charge is 0.459 e. The third-order valence-corrected chi connectivity index (χ3v) is 4.74. The van der Waals surface area contributed by atoms with Crippen molar-refractivity contribution in [3.63, 3.8) is 0 Å². The fraction of sp³-hybridized carbons (Fsp3) is 0.529. The molecule has 0 amide bonds. The molecular weight excluding hydrogens is 248 g/mol. The number of nitrogens with two attached hydrogens (primary N) is 1. The highest BCUT2D eigenvalue weighted by atomic mass is 16.3. The lowest BCUT2D eigenvalue weighted by molar-refractivity contribution is 0.176. The topological polar surface area (TPSA) is 42.4 Å². The van der Waals surface area contributed by atoms with E-state index in [0.717, 1.165) is 17.9 Å². The molecule has 1 aliphatic heterocycles. The molecular formula is C17H24N2O. The molecule has 2 N–H and O–H groups in total. The van der Waals surface area contributed by atoms with Gasteiger partial charge >= 0.3 is 0 Å². The third kappa shape index (κ3) is 2.25. The summed E-state index contributed by atoms with van der Waals surface area (Å²) in [5.41, 5.74) is 8.10. The van der Waals surface area contributed by atoms with Gasteiger partial charge < -0.3 is 10.2 Å². The van der Waals surface area contributed by atoms with Gasteiger partial charge in [0.05, 0.1) is 6.54 Å². The molecule has 0 saturated carbocycles. The molecule has 2 atom stereocenters. The van der Waals surface area contributed by atoms with E-state index in [1.807, 2.05) is 18.2 Å². The molecule has 1 aliphatic rings. The van der Waals surface area contributed by atoms with Crippen LogP contribution in [0.5, 0.6) is 0 Å². The Morgan fingerprint density at radius 2 is 2.10 bits per heavy atom. The van der Waals surface area contributed by atoms with Gasteiger partial charge in [0.25, 0.3) is 0 Å². The van der Waals surface area contributed by atoms with Crippen LogP contribution in [0.4, 0.5) is 0 Å². The summed E-state index contributed by atoms with van der Waals surface area (Å²) in [4.78, 5) is 2.58. The van der Waals surface area contributed by atoms with Crippen molar-refractivity contribution < 1.29 is 4.42 Å². The molecule has 0 aliphatic carbocycles. The van der Waals surface area contributed by atoms with Crippen LogP contribution in [0.25, 0.3) is 11.0 Å². The first-order valence-corrected chi connectivity index (χ1v) is 7.69. The third-order valence-electron chi connectivity index (χ3n) is 4.74.